The van der Waals surface area contributed by atoms with E-state index in [4.69, 9.17) is 4.42 Å². The molecule has 2 N–H and O–H groups in total. The molecule has 1 aromatic heterocycles. The molecule has 3 heterocycles. The molecule has 0 aliphatic carbocycles. The van der Waals surface area contributed by atoms with Crippen molar-refractivity contribution in [1.29, 1.82) is 0 Å². The van der Waals surface area contributed by atoms with Gasteiger partial charge in [-0.15, -0.1) is 0 Å². The first kappa shape index (κ1) is 25.1. The zero-order valence-electron chi connectivity index (χ0n) is 22.0. The predicted molar refractivity (Wildman–Crippen MR) is 144 cm³/mol. The van der Waals surface area contributed by atoms with Crippen molar-refractivity contribution in [2.45, 2.75) is 58.1 Å². The minimum atomic E-state index is -1.60. The number of nitrogens with zero attached hydrogens (tertiary/aromatic N) is 2. The molecule has 0 radical (unpaired) electrons. The van der Waals surface area contributed by atoms with Crippen LogP contribution >= 0.6 is 0 Å². The van der Waals surface area contributed by atoms with Crippen molar-refractivity contribution < 1.29 is 19.1 Å². The number of fused-ring (bicyclic) bond motifs is 1. The van der Waals surface area contributed by atoms with Gasteiger partial charge in [0.15, 0.2) is 5.60 Å². The average molecular weight is 502 g/mol. The Morgan fingerprint density at radius 3 is 2.51 bits per heavy atom. The Labute approximate surface area is 218 Å². The molecule has 2 aliphatic rings. The van der Waals surface area contributed by atoms with E-state index >= 15 is 0 Å². The summed E-state index contributed by atoms with van der Waals surface area (Å²) in [6.07, 6.45) is 3.67. The predicted octanol–water partition coefficient (Wildman–Crippen LogP) is 4.52. The summed E-state index contributed by atoms with van der Waals surface area (Å²) in [5.41, 5.74) is 3.64. The topological polar surface area (TPSA) is 86.0 Å². The summed E-state index contributed by atoms with van der Waals surface area (Å²) >= 11 is 0. The van der Waals surface area contributed by atoms with E-state index in [0.717, 1.165) is 48.5 Å². The molecule has 194 valence electrons. The smallest absolute Gasteiger partial charge is 0.263 e. The molecule has 7 heteroatoms. The molecule has 3 aromatic rings. The maximum absolute atomic E-state index is 13.4. The largest absolute Gasteiger partial charge is 0.464 e. The molecule has 0 spiro atoms. The molecule has 2 aliphatic heterocycles. The molecule has 2 amide bonds. The highest BCUT2D eigenvalue weighted by Crippen LogP contribution is 2.40. The van der Waals surface area contributed by atoms with Crippen LogP contribution in [0.2, 0.25) is 0 Å². The average Bonchev–Trinajstić information content (AvgIpc) is 3.38. The number of carbonyl (C=O) groups is 2. The van der Waals surface area contributed by atoms with Crippen LogP contribution in [0.5, 0.6) is 0 Å². The van der Waals surface area contributed by atoms with E-state index < -0.39 is 11.6 Å². The third-order valence-corrected chi connectivity index (χ3v) is 7.58. The third kappa shape index (κ3) is 4.76. The molecule has 37 heavy (non-hydrogen) atoms. The third-order valence-electron chi connectivity index (χ3n) is 7.58. The van der Waals surface area contributed by atoms with Gasteiger partial charge in [-0.25, -0.2) is 0 Å². The Morgan fingerprint density at radius 1 is 1.05 bits per heavy atom. The number of aliphatic hydroxyl groups is 1. The number of aryl methyl sites for hydroxylation is 2. The fourth-order valence-corrected chi connectivity index (χ4v) is 5.54. The number of amides is 2. The van der Waals surface area contributed by atoms with E-state index in [2.05, 4.69) is 35.3 Å². The Bertz CT molecular complexity index is 1340. The first-order valence-corrected chi connectivity index (χ1v) is 13.0. The SMILES string of the molecule is Cc1ccc(C(NC(=O)Cc2ccc3c(c2)C(C)(O)C(=O)N3C)c2ccc(C)o2)c(N2CCCCC2)c1. The number of furan rings is 1. The summed E-state index contributed by atoms with van der Waals surface area (Å²) in [4.78, 5) is 29.7. The molecule has 2 unspecified atom stereocenters. The standard InChI is InChI=1S/C30H35N3O4/c1-19-8-11-22(25(16-19)33-14-6-5-7-15-33)28(26-13-9-20(2)37-26)31-27(34)18-21-10-12-24-23(17-21)30(3,36)29(35)32(24)4/h8-13,16-17,28,36H,5-7,14-15,18H2,1-4H3,(H,31,34). The first-order chi connectivity index (χ1) is 17.6. The molecule has 7 nitrogen and oxygen atoms in total. The van der Waals surface area contributed by atoms with E-state index in [9.17, 15) is 14.7 Å². The van der Waals surface area contributed by atoms with E-state index in [1.54, 1.807) is 19.2 Å². The van der Waals surface area contributed by atoms with Crippen LogP contribution in [-0.4, -0.2) is 37.1 Å². The lowest BCUT2D eigenvalue weighted by Gasteiger charge is -2.32. The second-order valence-corrected chi connectivity index (χ2v) is 10.5. The lowest BCUT2D eigenvalue weighted by Crippen LogP contribution is -2.35. The van der Waals surface area contributed by atoms with Gasteiger partial charge < -0.3 is 24.6 Å². The van der Waals surface area contributed by atoms with Crippen molar-refractivity contribution in [3.8, 4) is 0 Å². The van der Waals surface area contributed by atoms with Crippen LogP contribution in [0, 0.1) is 13.8 Å². The van der Waals surface area contributed by atoms with E-state index in [1.165, 1.54) is 23.8 Å². The summed E-state index contributed by atoms with van der Waals surface area (Å²) in [5.74, 6) is 0.941. The van der Waals surface area contributed by atoms with Gasteiger partial charge in [-0.05, 0) is 81.5 Å². The van der Waals surface area contributed by atoms with Crippen LogP contribution in [-0.2, 0) is 21.6 Å². The van der Waals surface area contributed by atoms with Gasteiger partial charge >= 0.3 is 0 Å². The molecular weight excluding hydrogens is 466 g/mol. The van der Waals surface area contributed by atoms with Crippen molar-refractivity contribution in [2.24, 2.45) is 0 Å². The fourth-order valence-electron chi connectivity index (χ4n) is 5.54. The van der Waals surface area contributed by atoms with Gasteiger partial charge in [0.2, 0.25) is 5.91 Å². The van der Waals surface area contributed by atoms with Gasteiger partial charge in [0.25, 0.3) is 5.91 Å². The second kappa shape index (κ2) is 9.71. The minimum Gasteiger partial charge on any atom is -0.464 e. The number of piperidine rings is 1. The van der Waals surface area contributed by atoms with Gasteiger partial charge in [-0.2, -0.15) is 0 Å². The monoisotopic (exact) mass is 501 g/mol. The number of benzene rings is 2. The highest BCUT2D eigenvalue weighted by Gasteiger charge is 2.44. The number of anilines is 2. The highest BCUT2D eigenvalue weighted by molar-refractivity contribution is 6.06. The summed E-state index contributed by atoms with van der Waals surface area (Å²) in [6.45, 7) is 7.48. The quantitative estimate of drug-likeness (QED) is 0.519. The molecule has 1 fully saturated rings. The van der Waals surface area contributed by atoms with Gasteiger partial charge in [0, 0.05) is 37.0 Å². The fraction of sp³-hybridized carbons (Fsp3) is 0.400. The maximum atomic E-state index is 13.4. The number of rotatable bonds is 6. The number of likely N-dealkylation sites (N-methyl/N-ethyl adjacent to an activating group) is 1. The number of hydrogen-bond acceptors (Lipinski definition) is 5. The van der Waals surface area contributed by atoms with E-state index in [0.29, 0.717) is 17.0 Å². The van der Waals surface area contributed by atoms with Crippen LogP contribution in [0.1, 0.15) is 66.0 Å². The van der Waals surface area contributed by atoms with Crippen LogP contribution in [0.3, 0.4) is 0 Å². The Kier molecular flexibility index (Phi) is 6.58. The summed E-state index contributed by atoms with van der Waals surface area (Å²) < 4.78 is 6.03. The van der Waals surface area contributed by atoms with Crippen molar-refractivity contribution >= 4 is 23.2 Å². The van der Waals surface area contributed by atoms with Crippen molar-refractivity contribution in [3.05, 3.63) is 82.3 Å². The summed E-state index contributed by atoms with van der Waals surface area (Å²) in [5, 5.41) is 14.0. The van der Waals surface area contributed by atoms with Crippen molar-refractivity contribution in [3.63, 3.8) is 0 Å². The Morgan fingerprint density at radius 2 is 1.81 bits per heavy atom. The maximum Gasteiger partial charge on any atom is 0.263 e. The Hall–Kier alpha value is -3.58. The lowest BCUT2D eigenvalue weighted by atomic mass is 9.95. The molecular formula is C30H35N3O4. The molecule has 2 aromatic carbocycles. The number of nitrogens with one attached hydrogen (secondary N) is 1. The van der Waals surface area contributed by atoms with E-state index in [-0.39, 0.29) is 18.2 Å². The van der Waals surface area contributed by atoms with Gasteiger partial charge in [-0.3, -0.25) is 9.59 Å². The minimum absolute atomic E-state index is 0.113. The van der Waals surface area contributed by atoms with Crippen LogP contribution in [0.25, 0.3) is 0 Å². The van der Waals surface area contributed by atoms with Crippen molar-refractivity contribution in [1.82, 2.24) is 5.32 Å². The van der Waals surface area contributed by atoms with Gasteiger partial charge in [-0.1, -0.05) is 18.2 Å². The summed E-state index contributed by atoms with van der Waals surface area (Å²) in [7, 11) is 1.65. The molecule has 1 saturated heterocycles. The molecule has 2 atom stereocenters. The lowest BCUT2D eigenvalue weighted by molar-refractivity contribution is -0.134. The van der Waals surface area contributed by atoms with Gasteiger partial charge in [0.05, 0.1) is 12.1 Å². The number of hydrogen-bond donors (Lipinski definition) is 2. The molecule has 5 rings (SSSR count). The zero-order valence-corrected chi connectivity index (χ0v) is 22.0. The first-order valence-electron chi connectivity index (χ1n) is 13.0. The Balaban J connectivity index is 1.45. The van der Waals surface area contributed by atoms with Crippen LogP contribution in [0.15, 0.2) is 52.9 Å². The summed E-state index contributed by atoms with van der Waals surface area (Å²) in [6, 6.07) is 15.2. The number of carbonyl (C=O) groups excluding carboxylic acids is 2. The second-order valence-electron chi connectivity index (χ2n) is 10.5. The van der Waals surface area contributed by atoms with E-state index in [1.807, 2.05) is 25.1 Å². The molecule has 0 saturated carbocycles. The molecule has 0 bridgehead atoms. The van der Waals surface area contributed by atoms with Crippen LogP contribution in [0.4, 0.5) is 11.4 Å². The normalized spacial score (nSPS) is 20.2. The highest BCUT2D eigenvalue weighted by atomic mass is 16.3. The van der Waals surface area contributed by atoms with Crippen LogP contribution < -0.4 is 15.1 Å². The zero-order chi connectivity index (χ0) is 26.3. The van der Waals surface area contributed by atoms with Gasteiger partial charge in [0.1, 0.15) is 17.6 Å². The van der Waals surface area contributed by atoms with Crippen molar-refractivity contribution in [2.75, 3.05) is 29.9 Å².